The molecule has 0 aliphatic carbocycles. The van der Waals surface area contributed by atoms with Gasteiger partial charge in [0, 0.05) is 0 Å². The van der Waals surface area contributed by atoms with Gasteiger partial charge in [-0.2, -0.15) is 0 Å². The lowest BCUT2D eigenvalue weighted by Gasteiger charge is -2.12. The molecule has 0 bridgehead atoms. The second-order valence-electron chi connectivity index (χ2n) is 6.08. The number of hydrogen-bond acceptors (Lipinski definition) is 4. The van der Waals surface area contributed by atoms with Crippen LogP contribution in [0.15, 0.2) is 47.3 Å². The lowest BCUT2D eigenvalue weighted by atomic mass is 10.0. The third-order valence-electron chi connectivity index (χ3n) is 3.96. The SMILES string of the molecule is Cc1ccc(C(C)C)cc1OC(=O)Cn1c(=O)sc2ccccc21. The summed E-state index contributed by atoms with van der Waals surface area (Å²) in [5, 5.41) is 0. The summed E-state index contributed by atoms with van der Waals surface area (Å²) in [6.45, 7) is 5.99. The van der Waals surface area contributed by atoms with Gasteiger partial charge in [-0.05, 0) is 42.2 Å². The molecule has 0 fully saturated rings. The first-order chi connectivity index (χ1) is 11.5. The Labute approximate surface area is 144 Å². The van der Waals surface area contributed by atoms with Gasteiger partial charge in [-0.3, -0.25) is 9.36 Å². The molecule has 2 aromatic carbocycles. The first-order valence-electron chi connectivity index (χ1n) is 7.85. The van der Waals surface area contributed by atoms with Crippen molar-refractivity contribution < 1.29 is 9.53 Å². The number of rotatable bonds is 4. The fourth-order valence-electron chi connectivity index (χ4n) is 2.53. The molecule has 4 nitrogen and oxygen atoms in total. The Bertz CT molecular complexity index is 953. The Hall–Kier alpha value is -2.40. The van der Waals surface area contributed by atoms with Crippen LogP contribution < -0.4 is 9.61 Å². The first kappa shape index (κ1) is 16.5. The van der Waals surface area contributed by atoms with Crippen molar-refractivity contribution in [2.45, 2.75) is 33.2 Å². The van der Waals surface area contributed by atoms with Crippen molar-refractivity contribution in [2.24, 2.45) is 0 Å². The minimum atomic E-state index is -0.440. The van der Waals surface area contributed by atoms with E-state index in [1.54, 1.807) is 0 Å². The number of thiazole rings is 1. The molecule has 3 aromatic rings. The van der Waals surface area contributed by atoms with E-state index in [2.05, 4.69) is 13.8 Å². The maximum Gasteiger partial charge on any atom is 0.331 e. The van der Waals surface area contributed by atoms with Gasteiger partial charge in [0.05, 0.1) is 10.2 Å². The molecule has 3 rings (SSSR count). The number of carbonyl (C=O) groups is 1. The zero-order chi connectivity index (χ0) is 17.3. The molecule has 0 aliphatic heterocycles. The minimum absolute atomic E-state index is 0.0891. The van der Waals surface area contributed by atoms with Gasteiger partial charge in [0.15, 0.2) is 0 Å². The standard InChI is InChI=1S/C19H19NO3S/c1-12(2)14-9-8-13(3)16(10-14)23-18(21)11-20-15-6-4-5-7-17(15)24-19(20)22/h4-10,12H,11H2,1-3H3. The number of carbonyl (C=O) groups excluding carboxylic acids is 1. The number of hydrogen-bond donors (Lipinski definition) is 0. The maximum absolute atomic E-state index is 12.3. The zero-order valence-corrected chi connectivity index (χ0v) is 14.7. The Morgan fingerprint density at radius 2 is 1.96 bits per heavy atom. The highest BCUT2D eigenvalue weighted by atomic mass is 32.1. The third-order valence-corrected chi connectivity index (χ3v) is 4.92. The van der Waals surface area contributed by atoms with Crippen LogP contribution in [0.25, 0.3) is 10.2 Å². The van der Waals surface area contributed by atoms with Crippen molar-refractivity contribution in [3.05, 3.63) is 63.3 Å². The highest BCUT2D eigenvalue weighted by Gasteiger charge is 2.14. The largest absolute Gasteiger partial charge is 0.425 e. The molecule has 0 aliphatic rings. The van der Waals surface area contributed by atoms with E-state index < -0.39 is 5.97 Å². The third kappa shape index (κ3) is 3.26. The number of ether oxygens (including phenoxy) is 1. The van der Waals surface area contributed by atoms with Crippen LogP contribution in [0.5, 0.6) is 5.75 Å². The molecule has 0 radical (unpaired) electrons. The summed E-state index contributed by atoms with van der Waals surface area (Å²) in [5.41, 5.74) is 2.77. The van der Waals surface area contributed by atoms with Crippen LogP contribution in [-0.2, 0) is 11.3 Å². The summed E-state index contributed by atoms with van der Waals surface area (Å²) in [4.78, 5) is 24.3. The van der Waals surface area contributed by atoms with Crippen LogP contribution in [0.4, 0.5) is 0 Å². The Balaban J connectivity index is 1.84. The van der Waals surface area contributed by atoms with Gasteiger partial charge in [-0.15, -0.1) is 0 Å². The maximum atomic E-state index is 12.3. The van der Waals surface area contributed by atoms with Gasteiger partial charge in [0.2, 0.25) is 0 Å². The molecule has 0 unspecified atom stereocenters. The summed E-state index contributed by atoms with van der Waals surface area (Å²) in [5.74, 6) is 0.468. The Morgan fingerprint density at radius 3 is 2.71 bits per heavy atom. The lowest BCUT2D eigenvalue weighted by molar-refractivity contribution is -0.135. The predicted octanol–water partition coefficient (Wildman–Crippen LogP) is 4.10. The highest BCUT2D eigenvalue weighted by Crippen LogP contribution is 2.24. The van der Waals surface area contributed by atoms with Gasteiger partial charge in [-0.1, -0.05) is 49.4 Å². The second kappa shape index (κ2) is 6.61. The average molecular weight is 341 g/mol. The molecule has 1 heterocycles. The van der Waals surface area contributed by atoms with Crippen molar-refractivity contribution in [3.8, 4) is 5.75 Å². The van der Waals surface area contributed by atoms with Gasteiger partial charge < -0.3 is 4.74 Å². The highest BCUT2D eigenvalue weighted by molar-refractivity contribution is 7.16. The zero-order valence-electron chi connectivity index (χ0n) is 13.9. The number of aryl methyl sites for hydroxylation is 1. The number of aromatic nitrogens is 1. The molecule has 5 heteroatoms. The van der Waals surface area contributed by atoms with Gasteiger partial charge >= 0.3 is 10.8 Å². The van der Waals surface area contributed by atoms with E-state index in [-0.39, 0.29) is 11.4 Å². The molecular formula is C19H19NO3S. The molecule has 0 spiro atoms. The van der Waals surface area contributed by atoms with E-state index in [0.29, 0.717) is 11.7 Å². The molecule has 0 amide bonds. The van der Waals surface area contributed by atoms with E-state index in [1.807, 2.05) is 49.4 Å². The van der Waals surface area contributed by atoms with E-state index in [9.17, 15) is 9.59 Å². The lowest BCUT2D eigenvalue weighted by Crippen LogP contribution is -2.23. The van der Waals surface area contributed by atoms with Crippen LogP contribution in [-0.4, -0.2) is 10.5 Å². The predicted molar refractivity (Wildman–Crippen MR) is 97.0 cm³/mol. The summed E-state index contributed by atoms with van der Waals surface area (Å²) in [7, 11) is 0. The van der Waals surface area contributed by atoms with Crippen LogP contribution in [0.3, 0.4) is 0 Å². The summed E-state index contributed by atoms with van der Waals surface area (Å²) < 4.78 is 7.85. The quantitative estimate of drug-likeness (QED) is 0.530. The topological polar surface area (TPSA) is 48.3 Å². The van der Waals surface area contributed by atoms with Crippen molar-refractivity contribution in [1.82, 2.24) is 4.57 Å². The van der Waals surface area contributed by atoms with Gasteiger partial charge in [0.25, 0.3) is 0 Å². The number of esters is 1. The fourth-order valence-corrected chi connectivity index (χ4v) is 3.42. The normalized spacial score (nSPS) is 11.2. The molecule has 24 heavy (non-hydrogen) atoms. The summed E-state index contributed by atoms with van der Waals surface area (Å²) in [6.07, 6.45) is 0. The van der Waals surface area contributed by atoms with Crippen molar-refractivity contribution in [3.63, 3.8) is 0 Å². The molecule has 124 valence electrons. The van der Waals surface area contributed by atoms with Crippen LogP contribution in [0, 0.1) is 6.92 Å². The average Bonchev–Trinajstić information content (AvgIpc) is 2.85. The Morgan fingerprint density at radius 1 is 1.21 bits per heavy atom. The van der Waals surface area contributed by atoms with Crippen LogP contribution >= 0.6 is 11.3 Å². The van der Waals surface area contributed by atoms with Gasteiger partial charge in [-0.25, -0.2) is 4.79 Å². The smallest absolute Gasteiger partial charge is 0.331 e. The van der Waals surface area contributed by atoms with Crippen LogP contribution in [0.1, 0.15) is 30.9 Å². The monoisotopic (exact) mass is 341 g/mol. The molecule has 0 saturated carbocycles. The Kier molecular flexibility index (Phi) is 4.53. The van der Waals surface area contributed by atoms with Crippen LogP contribution in [0.2, 0.25) is 0 Å². The van der Waals surface area contributed by atoms with E-state index in [1.165, 1.54) is 4.57 Å². The molecular weight excluding hydrogens is 322 g/mol. The van der Waals surface area contributed by atoms with Crippen molar-refractivity contribution in [1.29, 1.82) is 0 Å². The molecule has 0 N–H and O–H groups in total. The van der Waals surface area contributed by atoms with Gasteiger partial charge in [0.1, 0.15) is 12.3 Å². The van der Waals surface area contributed by atoms with E-state index in [0.717, 1.165) is 32.7 Å². The fraction of sp³-hybridized carbons (Fsp3) is 0.263. The summed E-state index contributed by atoms with van der Waals surface area (Å²) in [6, 6.07) is 13.3. The van der Waals surface area contributed by atoms with Crippen molar-refractivity contribution in [2.75, 3.05) is 0 Å². The number of nitrogens with zero attached hydrogens (tertiary/aromatic N) is 1. The number of para-hydroxylation sites is 1. The number of benzene rings is 2. The molecule has 1 aromatic heterocycles. The van der Waals surface area contributed by atoms with E-state index in [4.69, 9.17) is 4.74 Å². The second-order valence-corrected chi connectivity index (χ2v) is 7.07. The minimum Gasteiger partial charge on any atom is -0.425 e. The first-order valence-corrected chi connectivity index (χ1v) is 8.67. The molecule has 0 atom stereocenters. The molecule has 0 saturated heterocycles. The number of fused-ring (bicyclic) bond motifs is 1. The van der Waals surface area contributed by atoms with E-state index >= 15 is 0 Å². The summed E-state index contributed by atoms with van der Waals surface area (Å²) >= 11 is 1.14. The van der Waals surface area contributed by atoms with Crippen molar-refractivity contribution >= 4 is 27.5 Å².